The maximum atomic E-state index is 13.4. The summed E-state index contributed by atoms with van der Waals surface area (Å²) < 4.78 is 32.0. The summed E-state index contributed by atoms with van der Waals surface area (Å²) in [6.07, 6.45) is -0.0410. The molecule has 4 heteroatoms. The topological polar surface area (TPSA) is 29.5 Å². The molecule has 88 valence electrons. The van der Waals surface area contributed by atoms with Crippen LogP contribution in [-0.4, -0.2) is 23.4 Å². The molecule has 1 aromatic rings. The second-order valence-electron chi connectivity index (χ2n) is 4.24. The standard InChI is InChI=1S/C12H14F2O2/c1-8-12(15,5-6-16-8)7-9-10(13)3-2-4-11(9)14/h2-4,8,15H,5-7H2,1H3. The largest absolute Gasteiger partial charge is 0.387 e. The maximum absolute atomic E-state index is 13.4. The minimum Gasteiger partial charge on any atom is -0.387 e. The molecular formula is C12H14F2O2. The lowest BCUT2D eigenvalue weighted by Gasteiger charge is -2.26. The third-order valence-corrected chi connectivity index (χ3v) is 3.20. The normalized spacial score (nSPS) is 29.6. The van der Waals surface area contributed by atoms with E-state index < -0.39 is 23.3 Å². The first-order chi connectivity index (χ1) is 7.53. The summed E-state index contributed by atoms with van der Waals surface area (Å²) in [7, 11) is 0. The summed E-state index contributed by atoms with van der Waals surface area (Å²) in [5.41, 5.74) is -1.23. The molecule has 1 N–H and O–H groups in total. The van der Waals surface area contributed by atoms with Crippen LogP contribution in [-0.2, 0) is 11.2 Å². The van der Waals surface area contributed by atoms with E-state index >= 15 is 0 Å². The molecular weight excluding hydrogens is 214 g/mol. The maximum Gasteiger partial charge on any atom is 0.129 e. The SMILES string of the molecule is CC1OCCC1(O)Cc1c(F)cccc1F. The van der Waals surface area contributed by atoms with Gasteiger partial charge in [-0.2, -0.15) is 0 Å². The average molecular weight is 228 g/mol. The molecule has 0 aromatic heterocycles. The second kappa shape index (κ2) is 4.11. The van der Waals surface area contributed by atoms with Crippen molar-refractivity contribution < 1.29 is 18.6 Å². The van der Waals surface area contributed by atoms with Crippen molar-refractivity contribution in [3.8, 4) is 0 Å². The predicted molar refractivity (Wildman–Crippen MR) is 55.0 cm³/mol. The molecule has 16 heavy (non-hydrogen) atoms. The molecule has 2 nitrogen and oxygen atoms in total. The van der Waals surface area contributed by atoms with E-state index in [0.29, 0.717) is 13.0 Å². The minimum absolute atomic E-state index is 0.0489. The van der Waals surface area contributed by atoms with Gasteiger partial charge in [-0.05, 0) is 19.1 Å². The van der Waals surface area contributed by atoms with Gasteiger partial charge in [-0.15, -0.1) is 0 Å². The van der Waals surface area contributed by atoms with Gasteiger partial charge in [0.05, 0.1) is 11.7 Å². The molecule has 1 heterocycles. The van der Waals surface area contributed by atoms with Gasteiger partial charge in [0, 0.05) is 25.0 Å². The first-order valence-corrected chi connectivity index (χ1v) is 5.30. The fourth-order valence-corrected chi connectivity index (χ4v) is 2.01. The third kappa shape index (κ3) is 1.95. The Morgan fingerprint density at radius 2 is 2.06 bits per heavy atom. The zero-order chi connectivity index (χ0) is 11.8. The fraction of sp³-hybridized carbons (Fsp3) is 0.500. The van der Waals surface area contributed by atoms with Crippen LogP contribution in [0.2, 0.25) is 0 Å². The Balaban J connectivity index is 2.27. The van der Waals surface area contributed by atoms with E-state index in [4.69, 9.17) is 4.74 Å². The van der Waals surface area contributed by atoms with Crippen molar-refractivity contribution in [1.82, 2.24) is 0 Å². The Kier molecular flexibility index (Phi) is 2.95. The first kappa shape index (κ1) is 11.5. The zero-order valence-corrected chi connectivity index (χ0v) is 9.04. The lowest BCUT2D eigenvalue weighted by molar-refractivity contribution is -0.0278. The van der Waals surface area contributed by atoms with E-state index in [0.717, 1.165) is 0 Å². The van der Waals surface area contributed by atoms with E-state index in [1.807, 2.05) is 0 Å². The molecule has 0 saturated carbocycles. The van der Waals surface area contributed by atoms with E-state index in [1.165, 1.54) is 18.2 Å². The van der Waals surface area contributed by atoms with Crippen LogP contribution in [0.15, 0.2) is 18.2 Å². The van der Waals surface area contributed by atoms with Crippen molar-refractivity contribution in [3.63, 3.8) is 0 Å². The van der Waals surface area contributed by atoms with Crippen LogP contribution in [0, 0.1) is 11.6 Å². The van der Waals surface area contributed by atoms with Crippen LogP contribution in [0.4, 0.5) is 8.78 Å². The zero-order valence-electron chi connectivity index (χ0n) is 9.04. The molecule has 1 saturated heterocycles. The number of ether oxygens (including phenoxy) is 1. The van der Waals surface area contributed by atoms with Crippen molar-refractivity contribution in [1.29, 1.82) is 0 Å². The van der Waals surface area contributed by atoms with Gasteiger partial charge < -0.3 is 9.84 Å². The molecule has 0 spiro atoms. The van der Waals surface area contributed by atoms with Gasteiger partial charge in [0.2, 0.25) is 0 Å². The predicted octanol–water partition coefficient (Wildman–Crippen LogP) is 2.05. The van der Waals surface area contributed by atoms with Gasteiger partial charge >= 0.3 is 0 Å². The molecule has 0 aliphatic carbocycles. The van der Waals surface area contributed by atoms with Gasteiger partial charge in [-0.3, -0.25) is 0 Å². The quantitative estimate of drug-likeness (QED) is 0.839. The Labute approximate surface area is 92.9 Å². The summed E-state index contributed by atoms with van der Waals surface area (Å²) in [5.74, 6) is -1.24. The molecule has 2 atom stereocenters. The fourth-order valence-electron chi connectivity index (χ4n) is 2.01. The number of hydrogen-bond acceptors (Lipinski definition) is 2. The second-order valence-corrected chi connectivity index (χ2v) is 4.24. The number of halogens is 2. The van der Waals surface area contributed by atoms with Crippen LogP contribution in [0.25, 0.3) is 0 Å². The summed E-state index contributed by atoms with van der Waals surface area (Å²) in [6, 6.07) is 3.71. The van der Waals surface area contributed by atoms with Crippen LogP contribution in [0.5, 0.6) is 0 Å². The number of rotatable bonds is 2. The van der Waals surface area contributed by atoms with Gasteiger partial charge in [0.1, 0.15) is 11.6 Å². The van der Waals surface area contributed by atoms with Crippen molar-refractivity contribution >= 4 is 0 Å². The number of benzene rings is 1. The molecule has 1 aliphatic heterocycles. The summed E-state index contributed by atoms with van der Waals surface area (Å²) in [6.45, 7) is 2.14. The molecule has 1 aliphatic rings. The molecule has 2 unspecified atom stereocenters. The smallest absolute Gasteiger partial charge is 0.129 e. The van der Waals surface area contributed by atoms with E-state index in [1.54, 1.807) is 6.92 Å². The summed E-state index contributed by atoms with van der Waals surface area (Å²) in [5, 5.41) is 10.2. The molecule has 1 aromatic carbocycles. The van der Waals surface area contributed by atoms with E-state index in [-0.39, 0.29) is 12.0 Å². The number of aliphatic hydroxyl groups is 1. The molecule has 0 radical (unpaired) electrons. The number of hydrogen-bond donors (Lipinski definition) is 1. The van der Waals surface area contributed by atoms with Gasteiger partial charge in [0.25, 0.3) is 0 Å². The van der Waals surface area contributed by atoms with Gasteiger partial charge in [0.15, 0.2) is 0 Å². The average Bonchev–Trinajstić information content (AvgIpc) is 2.54. The van der Waals surface area contributed by atoms with Crippen molar-refractivity contribution in [2.75, 3.05) is 6.61 Å². The van der Waals surface area contributed by atoms with Crippen LogP contribution >= 0.6 is 0 Å². The highest BCUT2D eigenvalue weighted by atomic mass is 19.1. The van der Waals surface area contributed by atoms with Crippen LogP contribution < -0.4 is 0 Å². The first-order valence-electron chi connectivity index (χ1n) is 5.30. The summed E-state index contributed by atoms with van der Waals surface area (Å²) in [4.78, 5) is 0. The molecule has 0 amide bonds. The Hall–Kier alpha value is -1.00. The Morgan fingerprint density at radius 1 is 1.44 bits per heavy atom. The lowest BCUT2D eigenvalue weighted by atomic mass is 9.88. The minimum atomic E-state index is -1.16. The van der Waals surface area contributed by atoms with Crippen LogP contribution in [0.3, 0.4) is 0 Å². The van der Waals surface area contributed by atoms with Gasteiger partial charge in [-0.1, -0.05) is 6.07 Å². The third-order valence-electron chi connectivity index (χ3n) is 3.20. The highest BCUT2D eigenvalue weighted by Crippen LogP contribution is 2.30. The molecule has 2 rings (SSSR count). The summed E-state index contributed by atoms with van der Waals surface area (Å²) >= 11 is 0. The lowest BCUT2D eigenvalue weighted by Crippen LogP contribution is -2.39. The van der Waals surface area contributed by atoms with Crippen molar-refractivity contribution in [2.24, 2.45) is 0 Å². The van der Waals surface area contributed by atoms with E-state index in [9.17, 15) is 13.9 Å². The molecule has 0 bridgehead atoms. The van der Waals surface area contributed by atoms with E-state index in [2.05, 4.69) is 0 Å². The Bertz CT molecular complexity index is 374. The monoisotopic (exact) mass is 228 g/mol. The highest BCUT2D eigenvalue weighted by Gasteiger charge is 2.40. The molecule has 1 fully saturated rings. The Morgan fingerprint density at radius 3 is 2.56 bits per heavy atom. The van der Waals surface area contributed by atoms with Crippen LogP contribution in [0.1, 0.15) is 18.9 Å². The van der Waals surface area contributed by atoms with Crippen molar-refractivity contribution in [3.05, 3.63) is 35.4 Å². The highest BCUT2D eigenvalue weighted by molar-refractivity contribution is 5.22. The van der Waals surface area contributed by atoms with Gasteiger partial charge in [-0.25, -0.2) is 8.78 Å². The van der Waals surface area contributed by atoms with Crippen molar-refractivity contribution in [2.45, 2.75) is 31.5 Å².